The highest BCUT2D eigenvalue weighted by molar-refractivity contribution is 9.10. The van der Waals surface area contributed by atoms with Gasteiger partial charge in [0, 0.05) is 22.1 Å². The number of benzene rings is 2. The van der Waals surface area contributed by atoms with E-state index in [1.807, 2.05) is 19.9 Å². The van der Waals surface area contributed by atoms with Crippen molar-refractivity contribution in [2.75, 3.05) is 6.54 Å². The number of hydrogen-bond donors (Lipinski definition) is 1. The first kappa shape index (κ1) is 18.9. The lowest BCUT2D eigenvalue weighted by atomic mass is 9.91. The summed E-state index contributed by atoms with van der Waals surface area (Å²) >= 11 is 3.40. The van der Waals surface area contributed by atoms with Gasteiger partial charge in [0.2, 0.25) is 0 Å². The van der Waals surface area contributed by atoms with Crippen LogP contribution in [0.15, 0.2) is 46.9 Å². The molecule has 2 aromatic carbocycles. The second-order valence-corrected chi connectivity index (χ2v) is 6.94. The van der Waals surface area contributed by atoms with Gasteiger partial charge >= 0.3 is 0 Å². The van der Waals surface area contributed by atoms with Gasteiger partial charge in [-0.15, -0.1) is 0 Å². The molecule has 1 amide bonds. The van der Waals surface area contributed by atoms with Crippen molar-refractivity contribution in [2.24, 2.45) is 5.92 Å². The number of nitrogens with one attached hydrogen (secondary N) is 1. The lowest BCUT2D eigenvalue weighted by Crippen LogP contribution is -2.29. The summed E-state index contributed by atoms with van der Waals surface area (Å²) in [6, 6.07) is 14.2. The largest absolute Gasteiger partial charge is 0.352 e. The van der Waals surface area contributed by atoms with Gasteiger partial charge in [-0.3, -0.25) is 9.59 Å². The van der Waals surface area contributed by atoms with Crippen LogP contribution in [0, 0.1) is 17.2 Å². The second-order valence-electron chi connectivity index (χ2n) is 6.08. The predicted octanol–water partition coefficient (Wildman–Crippen LogP) is 4.13. The van der Waals surface area contributed by atoms with E-state index >= 15 is 0 Å². The normalized spacial score (nSPS) is 10.4. The molecule has 4 nitrogen and oxygen atoms in total. The van der Waals surface area contributed by atoms with Gasteiger partial charge in [-0.25, -0.2) is 0 Å². The summed E-state index contributed by atoms with van der Waals surface area (Å²) in [5.74, 6) is -0.271. The Morgan fingerprint density at radius 1 is 1.16 bits per heavy atom. The minimum Gasteiger partial charge on any atom is -0.352 e. The van der Waals surface area contributed by atoms with Crippen molar-refractivity contribution >= 4 is 27.6 Å². The van der Waals surface area contributed by atoms with Crippen LogP contribution in [0.3, 0.4) is 0 Å². The molecule has 0 aliphatic heterocycles. The number of hydrogen-bond acceptors (Lipinski definition) is 3. The number of carbonyl (C=O) groups is 2. The van der Waals surface area contributed by atoms with Crippen LogP contribution in [0.25, 0.3) is 0 Å². The molecule has 2 rings (SSSR count). The van der Waals surface area contributed by atoms with E-state index in [4.69, 9.17) is 5.26 Å². The highest BCUT2D eigenvalue weighted by Crippen LogP contribution is 2.27. The third-order valence-corrected chi connectivity index (χ3v) is 4.43. The first-order valence-corrected chi connectivity index (χ1v) is 8.81. The SMILES string of the molecule is CC(C)CNC(=O)c1ccc(Br)c(CC#N)c1C(=O)c1ccccc1. The van der Waals surface area contributed by atoms with Gasteiger partial charge < -0.3 is 5.32 Å². The van der Waals surface area contributed by atoms with E-state index in [2.05, 4.69) is 27.3 Å². The second kappa shape index (κ2) is 8.59. The Morgan fingerprint density at radius 3 is 2.44 bits per heavy atom. The van der Waals surface area contributed by atoms with E-state index in [0.717, 1.165) is 0 Å². The van der Waals surface area contributed by atoms with Crippen LogP contribution >= 0.6 is 15.9 Å². The van der Waals surface area contributed by atoms with Crippen LogP contribution in [-0.2, 0) is 6.42 Å². The fourth-order valence-corrected chi connectivity index (χ4v) is 2.92. The van der Waals surface area contributed by atoms with E-state index in [1.54, 1.807) is 36.4 Å². The molecular formula is C20H19BrN2O2. The molecule has 5 heteroatoms. The molecule has 0 fully saturated rings. The Labute approximate surface area is 156 Å². The lowest BCUT2D eigenvalue weighted by molar-refractivity contribution is 0.0937. The van der Waals surface area contributed by atoms with E-state index in [1.165, 1.54) is 0 Å². The van der Waals surface area contributed by atoms with E-state index < -0.39 is 0 Å². The number of rotatable bonds is 6. The Hall–Kier alpha value is -2.45. The van der Waals surface area contributed by atoms with E-state index in [0.29, 0.717) is 33.6 Å². The van der Waals surface area contributed by atoms with Crippen LogP contribution in [0.1, 0.15) is 45.7 Å². The zero-order valence-corrected chi connectivity index (χ0v) is 15.8. The average Bonchev–Trinajstić information content (AvgIpc) is 2.61. The fourth-order valence-electron chi connectivity index (χ4n) is 2.45. The lowest BCUT2D eigenvalue weighted by Gasteiger charge is -2.15. The molecule has 0 atom stereocenters. The van der Waals surface area contributed by atoms with Crippen LogP contribution < -0.4 is 5.32 Å². The van der Waals surface area contributed by atoms with Gasteiger partial charge in [-0.2, -0.15) is 5.26 Å². The van der Waals surface area contributed by atoms with Crippen molar-refractivity contribution in [3.05, 3.63) is 69.2 Å². The van der Waals surface area contributed by atoms with Crippen molar-refractivity contribution in [3.63, 3.8) is 0 Å². The van der Waals surface area contributed by atoms with Gasteiger partial charge in [0.05, 0.1) is 18.1 Å². The molecule has 0 aromatic heterocycles. The first-order valence-electron chi connectivity index (χ1n) is 8.02. The molecule has 0 saturated carbocycles. The van der Waals surface area contributed by atoms with Gasteiger partial charge in [0.15, 0.2) is 5.78 Å². The predicted molar refractivity (Wildman–Crippen MR) is 101 cm³/mol. The Balaban J connectivity index is 2.57. The smallest absolute Gasteiger partial charge is 0.252 e. The van der Waals surface area contributed by atoms with E-state index in [-0.39, 0.29) is 23.7 Å². The number of halogens is 1. The fraction of sp³-hybridized carbons (Fsp3) is 0.250. The van der Waals surface area contributed by atoms with Crippen molar-refractivity contribution in [2.45, 2.75) is 20.3 Å². The first-order chi connectivity index (χ1) is 12.0. The molecule has 0 spiro atoms. The van der Waals surface area contributed by atoms with Gasteiger partial charge in [-0.05, 0) is 23.6 Å². The molecule has 0 radical (unpaired) electrons. The molecule has 0 saturated heterocycles. The molecule has 25 heavy (non-hydrogen) atoms. The zero-order valence-electron chi connectivity index (χ0n) is 14.2. The molecular weight excluding hydrogens is 380 g/mol. The minimum atomic E-state index is -0.306. The molecule has 1 N–H and O–H groups in total. The number of ketones is 1. The van der Waals surface area contributed by atoms with Crippen LogP contribution in [0.5, 0.6) is 0 Å². The quantitative estimate of drug-likeness (QED) is 0.743. The van der Waals surface area contributed by atoms with Crippen molar-refractivity contribution < 1.29 is 9.59 Å². The maximum absolute atomic E-state index is 13.0. The summed E-state index contributed by atoms with van der Waals surface area (Å²) < 4.78 is 0.647. The zero-order chi connectivity index (χ0) is 18.4. The maximum Gasteiger partial charge on any atom is 0.252 e. The maximum atomic E-state index is 13.0. The van der Waals surface area contributed by atoms with Gasteiger partial charge in [0.25, 0.3) is 5.91 Å². The summed E-state index contributed by atoms with van der Waals surface area (Å²) in [5, 5.41) is 12.0. The highest BCUT2D eigenvalue weighted by Gasteiger charge is 2.23. The summed E-state index contributed by atoms with van der Waals surface area (Å²) in [5.41, 5.74) is 1.59. The van der Waals surface area contributed by atoms with Gasteiger partial charge in [0.1, 0.15) is 0 Å². The van der Waals surface area contributed by atoms with Crippen LogP contribution in [-0.4, -0.2) is 18.2 Å². The third-order valence-electron chi connectivity index (χ3n) is 3.69. The highest BCUT2D eigenvalue weighted by atomic mass is 79.9. The Kier molecular flexibility index (Phi) is 6.49. The van der Waals surface area contributed by atoms with Crippen molar-refractivity contribution in [1.82, 2.24) is 5.32 Å². The minimum absolute atomic E-state index is 0.0415. The van der Waals surface area contributed by atoms with Crippen molar-refractivity contribution in [1.29, 1.82) is 5.26 Å². The molecule has 2 aromatic rings. The Morgan fingerprint density at radius 2 is 1.84 bits per heavy atom. The molecule has 128 valence electrons. The van der Waals surface area contributed by atoms with E-state index in [9.17, 15) is 9.59 Å². The third kappa shape index (κ3) is 4.55. The number of nitrogens with zero attached hydrogens (tertiary/aromatic N) is 1. The molecule has 0 heterocycles. The van der Waals surface area contributed by atoms with Crippen LogP contribution in [0.2, 0.25) is 0 Å². The molecule has 0 aliphatic carbocycles. The number of amides is 1. The average molecular weight is 399 g/mol. The monoisotopic (exact) mass is 398 g/mol. The summed E-state index contributed by atoms with van der Waals surface area (Å²) in [7, 11) is 0. The van der Waals surface area contributed by atoms with Gasteiger partial charge in [-0.1, -0.05) is 60.1 Å². The summed E-state index contributed by atoms with van der Waals surface area (Å²) in [6.45, 7) is 4.51. The standard InChI is InChI=1S/C20H19BrN2O2/c1-13(2)12-23-20(25)16-8-9-17(21)15(10-11-22)18(16)19(24)14-6-4-3-5-7-14/h3-9,13H,10,12H2,1-2H3,(H,23,25). The number of nitriles is 1. The van der Waals surface area contributed by atoms with Crippen LogP contribution in [0.4, 0.5) is 0 Å². The summed E-state index contributed by atoms with van der Waals surface area (Å²) in [6.07, 6.45) is 0.0415. The Bertz CT molecular complexity index is 824. The molecule has 0 unspecified atom stereocenters. The topological polar surface area (TPSA) is 70.0 Å². The molecule has 0 bridgehead atoms. The van der Waals surface area contributed by atoms with Crippen molar-refractivity contribution in [3.8, 4) is 6.07 Å². The molecule has 0 aliphatic rings. The number of carbonyl (C=O) groups excluding carboxylic acids is 2. The summed E-state index contributed by atoms with van der Waals surface area (Å²) in [4.78, 5) is 25.7.